The molecule has 2 N–H and O–H groups in total. The molecule has 6 rings (SSSR count). The number of benzene rings is 2. The van der Waals surface area contributed by atoms with Crippen LogP contribution in [0.1, 0.15) is 56.1 Å². The van der Waals surface area contributed by atoms with Gasteiger partial charge in [0.05, 0.1) is 5.41 Å². The maximum absolute atomic E-state index is 13.7. The molecule has 0 radical (unpaired) electrons. The number of piperidine rings is 2. The number of nitrogens with zero attached hydrogens (tertiary/aromatic N) is 1. The van der Waals surface area contributed by atoms with Gasteiger partial charge in [-0.1, -0.05) is 37.3 Å². The van der Waals surface area contributed by atoms with Gasteiger partial charge in [-0.25, -0.2) is 4.39 Å². The number of fused-ring (bicyclic) bond motifs is 3. The van der Waals surface area contributed by atoms with Crippen molar-refractivity contribution in [1.82, 2.24) is 9.88 Å². The first-order valence-electron chi connectivity index (χ1n) is 11.3. The van der Waals surface area contributed by atoms with Crippen molar-refractivity contribution in [2.24, 2.45) is 5.41 Å². The third-order valence-corrected chi connectivity index (χ3v) is 7.51. The van der Waals surface area contributed by atoms with Crippen molar-refractivity contribution >= 4 is 22.8 Å². The summed E-state index contributed by atoms with van der Waals surface area (Å²) in [6.45, 7) is 2.02. The molecule has 6 heteroatoms. The van der Waals surface area contributed by atoms with E-state index in [4.69, 9.17) is 0 Å². The predicted molar refractivity (Wildman–Crippen MR) is 120 cm³/mol. The molecule has 0 spiro atoms. The van der Waals surface area contributed by atoms with Crippen LogP contribution in [0.3, 0.4) is 0 Å². The number of amides is 1. The number of aromatic amines is 1. The topological polar surface area (TPSA) is 73.4 Å². The molecule has 1 aliphatic carbocycles. The van der Waals surface area contributed by atoms with E-state index < -0.39 is 11.4 Å². The molecular formula is C26H27FN2O3. The molecule has 2 aliphatic heterocycles. The first-order valence-corrected chi connectivity index (χ1v) is 11.3. The van der Waals surface area contributed by atoms with Crippen LogP contribution in [0.15, 0.2) is 54.7 Å². The van der Waals surface area contributed by atoms with Gasteiger partial charge in [-0.3, -0.25) is 9.59 Å². The number of halogens is 1. The fourth-order valence-corrected chi connectivity index (χ4v) is 5.85. The summed E-state index contributed by atoms with van der Waals surface area (Å²) >= 11 is 0. The van der Waals surface area contributed by atoms with Crippen LogP contribution < -0.4 is 0 Å². The number of carboxylic acid groups (broad SMARTS) is 1. The number of H-pyrrole nitrogens is 1. The molecule has 32 heavy (non-hydrogen) atoms. The Morgan fingerprint density at radius 1 is 1.19 bits per heavy atom. The zero-order valence-corrected chi connectivity index (χ0v) is 18.1. The molecule has 2 bridgehead atoms. The maximum atomic E-state index is 13.7. The Balaban J connectivity index is 1.47. The number of hydrogen-bond acceptors (Lipinski definition) is 2. The summed E-state index contributed by atoms with van der Waals surface area (Å²) < 4.78 is 13.7. The molecule has 3 fully saturated rings. The predicted octanol–water partition coefficient (Wildman–Crippen LogP) is 5.07. The highest BCUT2D eigenvalue weighted by molar-refractivity contribution is 5.87. The maximum Gasteiger partial charge on any atom is 0.309 e. The Kier molecular flexibility index (Phi) is 5.03. The van der Waals surface area contributed by atoms with Crippen molar-refractivity contribution in [3.63, 3.8) is 0 Å². The van der Waals surface area contributed by atoms with Crippen molar-refractivity contribution in [1.29, 1.82) is 0 Å². The van der Waals surface area contributed by atoms with Gasteiger partial charge in [-0.2, -0.15) is 0 Å². The summed E-state index contributed by atoms with van der Waals surface area (Å²) in [7, 11) is 0. The Bertz CT molecular complexity index is 1170. The minimum atomic E-state index is -0.729. The highest BCUT2D eigenvalue weighted by Crippen LogP contribution is 2.54. The average Bonchev–Trinajstić information content (AvgIpc) is 3.19. The van der Waals surface area contributed by atoms with E-state index in [-0.39, 0.29) is 29.7 Å². The summed E-state index contributed by atoms with van der Waals surface area (Å²) in [5.41, 5.74) is 2.06. The van der Waals surface area contributed by atoms with Gasteiger partial charge in [-0.15, -0.1) is 0 Å². The van der Waals surface area contributed by atoms with Crippen molar-refractivity contribution in [3.8, 4) is 0 Å². The standard InChI is InChI=1S/C26H27FN2O3/c1-2-18-12-26(25(31)32)13-19(14-26)29(18)24(30)11-21(16-6-4-3-5-7-16)22-15-28-23-10-17(27)8-9-20(22)23/h3-10,15,18-19,21,28H,2,11-14H2,1H3,(H,31,32). The summed E-state index contributed by atoms with van der Waals surface area (Å²) in [5, 5.41) is 10.6. The van der Waals surface area contributed by atoms with Gasteiger partial charge in [0.15, 0.2) is 0 Å². The fourth-order valence-electron chi connectivity index (χ4n) is 5.85. The van der Waals surface area contributed by atoms with Gasteiger partial charge < -0.3 is 15.0 Å². The fraction of sp³-hybridized carbons (Fsp3) is 0.385. The van der Waals surface area contributed by atoms with Crippen molar-refractivity contribution in [2.75, 3.05) is 0 Å². The summed E-state index contributed by atoms with van der Waals surface area (Å²) in [6.07, 6.45) is 4.55. The third kappa shape index (κ3) is 3.29. The molecule has 2 unspecified atom stereocenters. The van der Waals surface area contributed by atoms with Gasteiger partial charge in [0.25, 0.3) is 0 Å². The molecule has 3 heterocycles. The van der Waals surface area contributed by atoms with Crippen LogP contribution in [0, 0.1) is 11.2 Å². The first-order chi connectivity index (χ1) is 15.4. The smallest absolute Gasteiger partial charge is 0.309 e. The van der Waals surface area contributed by atoms with Gasteiger partial charge in [0.1, 0.15) is 5.82 Å². The van der Waals surface area contributed by atoms with E-state index in [9.17, 15) is 19.1 Å². The van der Waals surface area contributed by atoms with Crippen LogP contribution in [0.4, 0.5) is 4.39 Å². The third-order valence-electron chi connectivity index (χ3n) is 7.51. The van der Waals surface area contributed by atoms with E-state index in [1.54, 1.807) is 6.07 Å². The van der Waals surface area contributed by atoms with Crippen LogP contribution >= 0.6 is 0 Å². The van der Waals surface area contributed by atoms with Gasteiger partial charge in [-0.05, 0) is 55.0 Å². The Labute approximate surface area is 186 Å². The molecule has 1 amide bonds. The zero-order valence-electron chi connectivity index (χ0n) is 18.1. The van der Waals surface area contributed by atoms with Crippen molar-refractivity contribution < 1.29 is 19.1 Å². The van der Waals surface area contributed by atoms with Crippen LogP contribution in [-0.4, -0.2) is 39.0 Å². The second-order valence-corrected chi connectivity index (χ2v) is 9.32. The molecule has 3 aromatic rings. The lowest BCUT2D eigenvalue weighted by atomic mass is 9.57. The number of aromatic nitrogens is 1. The number of carboxylic acids is 1. The molecular weight excluding hydrogens is 407 g/mol. The number of nitrogens with one attached hydrogen (secondary N) is 1. The molecule has 2 atom stereocenters. The van der Waals surface area contributed by atoms with Gasteiger partial charge >= 0.3 is 5.97 Å². The number of hydrogen-bond donors (Lipinski definition) is 2. The zero-order chi connectivity index (χ0) is 22.5. The number of carbonyl (C=O) groups is 2. The minimum absolute atomic E-state index is 0.00536. The lowest BCUT2D eigenvalue weighted by Crippen LogP contribution is -2.66. The Morgan fingerprint density at radius 2 is 1.94 bits per heavy atom. The van der Waals surface area contributed by atoms with E-state index in [1.807, 2.05) is 48.4 Å². The van der Waals surface area contributed by atoms with E-state index in [0.29, 0.717) is 31.2 Å². The normalized spacial score (nSPS) is 25.4. The molecule has 2 saturated heterocycles. The monoisotopic (exact) mass is 434 g/mol. The molecule has 5 nitrogen and oxygen atoms in total. The van der Waals surface area contributed by atoms with E-state index >= 15 is 0 Å². The van der Waals surface area contributed by atoms with Gasteiger partial charge in [0.2, 0.25) is 5.91 Å². The quantitative estimate of drug-likeness (QED) is 0.569. The van der Waals surface area contributed by atoms with Gasteiger partial charge in [0, 0.05) is 41.5 Å². The minimum Gasteiger partial charge on any atom is -0.481 e. The molecule has 166 valence electrons. The summed E-state index contributed by atoms with van der Waals surface area (Å²) in [4.78, 5) is 30.6. The summed E-state index contributed by atoms with van der Waals surface area (Å²) in [5.74, 6) is -1.14. The number of carbonyl (C=O) groups excluding carboxylic acids is 1. The van der Waals surface area contributed by atoms with Crippen molar-refractivity contribution in [3.05, 3.63) is 71.7 Å². The van der Waals surface area contributed by atoms with Crippen LogP contribution in [-0.2, 0) is 9.59 Å². The molecule has 2 aromatic carbocycles. The second kappa shape index (κ2) is 7.76. The molecule has 3 aliphatic rings. The van der Waals surface area contributed by atoms with Crippen LogP contribution in [0.25, 0.3) is 10.9 Å². The highest BCUT2D eigenvalue weighted by Gasteiger charge is 2.59. The first kappa shape index (κ1) is 20.7. The number of rotatable bonds is 6. The Hall–Kier alpha value is -3.15. The van der Waals surface area contributed by atoms with Crippen molar-refractivity contribution in [2.45, 2.75) is 57.0 Å². The van der Waals surface area contributed by atoms with E-state index in [0.717, 1.165) is 22.9 Å². The van der Waals surface area contributed by atoms with Crippen LogP contribution in [0.2, 0.25) is 0 Å². The molecule has 1 aromatic heterocycles. The lowest BCUT2D eigenvalue weighted by molar-refractivity contribution is -0.180. The van der Waals surface area contributed by atoms with E-state index in [1.165, 1.54) is 12.1 Å². The Morgan fingerprint density at radius 3 is 2.62 bits per heavy atom. The second-order valence-electron chi connectivity index (χ2n) is 9.32. The summed E-state index contributed by atoms with van der Waals surface area (Å²) in [6, 6.07) is 14.6. The SMILES string of the molecule is CCC1CC2(C(=O)O)CC(C2)N1C(=O)CC(c1ccccc1)c1c[nH]c2cc(F)ccc12. The highest BCUT2D eigenvalue weighted by atomic mass is 19.1. The molecule has 1 saturated carbocycles. The van der Waals surface area contributed by atoms with E-state index in [2.05, 4.69) is 4.98 Å². The lowest BCUT2D eigenvalue weighted by Gasteiger charge is -2.58. The average molecular weight is 435 g/mol. The largest absolute Gasteiger partial charge is 0.481 e. The van der Waals surface area contributed by atoms with Crippen LogP contribution in [0.5, 0.6) is 0 Å². The number of aliphatic carboxylic acids is 1.